The van der Waals surface area contributed by atoms with E-state index in [2.05, 4.69) is 0 Å². The summed E-state index contributed by atoms with van der Waals surface area (Å²) in [5, 5.41) is 0.710. The van der Waals surface area contributed by atoms with Crippen LogP contribution in [0.2, 0.25) is 0 Å². The number of ketones is 1. The van der Waals surface area contributed by atoms with Crippen LogP contribution < -0.4 is 14.2 Å². The van der Waals surface area contributed by atoms with E-state index in [0.717, 1.165) is 0 Å². The monoisotopic (exact) mass is 234 g/mol. The van der Waals surface area contributed by atoms with Gasteiger partial charge in [-0.3, -0.25) is 4.79 Å². The van der Waals surface area contributed by atoms with Gasteiger partial charge in [0.25, 0.3) is 0 Å². The molecule has 1 aromatic carbocycles. The summed E-state index contributed by atoms with van der Waals surface area (Å²) >= 11 is 0. The Balaban J connectivity index is 2.48. The third-order valence-electron chi connectivity index (χ3n) is 2.81. The lowest BCUT2D eigenvalue weighted by molar-refractivity contribution is 0.0959. The number of furan rings is 1. The molecule has 0 spiro atoms. The van der Waals surface area contributed by atoms with Gasteiger partial charge < -0.3 is 18.6 Å². The fraction of sp³-hybridized carbons (Fsp3) is 0.250. The van der Waals surface area contributed by atoms with Gasteiger partial charge in [-0.1, -0.05) is 0 Å². The Bertz CT molecular complexity index is 611. The summed E-state index contributed by atoms with van der Waals surface area (Å²) in [7, 11) is 3.02. The predicted molar refractivity (Wildman–Crippen MR) is 59.1 cm³/mol. The van der Waals surface area contributed by atoms with Gasteiger partial charge in [0.1, 0.15) is 11.3 Å². The van der Waals surface area contributed by atoms with E-state index in [-0.39, 0.29) is 12.4 Å². The highest BCUT2D eigenvalue weighted by molar-refractivity contribution is 6.11. The van der Waals surface area contributed by atoms with E-state index in [9.17, 15) is 4.79 Å². The molecule has 1 aliphatic heterocycles. The molecule has 0 saturated carbocycles. The molecule has 1 aliphatic rings. The van der Waals surface area contributed by atoms with Gasteiger partial charge in [-0.15, -0.1) is 0 Å². The summed E-state index contributed by atoms with van der Waals surface area (Å²) in [5.41, 5.74) is 0.955. The second-order valence-electron chi connectivity index (χ2n) is 3.65. The zero-order valence-electron chi connectivity index (χ0n) is 9.40. The fourth-order valence-corrected chi connectivity index (χ4v) is 2.12. The Labute approximate surface area is 96.9 Å². The van der Waals surface area contributed by atoms with Crippen LogP contribution in [0.3, 0.4) is 0 Å². The first kappa shape index (κ1) is 10.0. The van der Waals surface area contributed by atoms with Crippen molar-refractivity contribution in [1.82, 2.24) is 0 Å². The molecule has 0 unspecified atom stereocenters. The molecular weight excluding hydrogens is 224 g/mol. The molecule has 17 heavy (non-hydrogen) atoms. The van der Waals surface area contributed by atoms with Crippen LogP contribution in [0, 0.1) is 0 Å². The summed E-state index contributed by atoms with van der Waals surface area (Å²) in [6.07, 6.45) is 1.52. The molecular formula is C12H10O5. The van der Waals surface area contributed by atoms with Crippen molar-refractivity contribution in [3.8, 4) is 17.2 Å². The highest BCUT2D eigenvalue weighted by Gasteiger charge is 2.33. The molecule has 0 fully saturated rings. The van der Waals surface area contributed by atoms with Gasteiger partial charge in [0, 0.05) is 0 Å². The lowest BCUT2D eigenvalue weighted by Gasteiger charge is -2.10. The molecule has 0 atom stereocenters. The number of rotatable bonds is 2. The normalized spacial score (nSPS) is 13.6. The fourth-order valence-electron chi connectivity index (χ4n) is 2.12. The number of Topliss-reactive ketones (excluding diaryl/α,β-unsaturated/α-hetero) is 1. The average molecular weight is 234 g/mol. The van der Waals surface area contributed by atoms with Crippen LogP contribution in [0.25, 0.3) is 11.0 Å². The topological polar surface area (TPSA) is 57.9 Å². The minimum atomic E-state index is -0.113. The van der Waals surface area contributed by atoms with Gasteiger partial charge in [-0.2, -0.15) is 0 Å². The Morgan fingerprint density at radius 1 is 1.24 bits per heavy atom. The standard InChI is InChI=1S/C12H10O5/c1-14-9-6-3-4-16-10(6)12(15-2)11-8(9)7(13)5-17-11/h3-4H,5H2,1-2H3. The molecule has 0 radical (unpaired) electrons. The molecule has 5 nitrogen and oxygen atoms in total. The van der Waals surface area contributed by atoms with Crippen LogP contribution in [0.4, 0.5) is 0 Å². The van der Waals surface area contributed by atoms with Gasteiger partial charge in [-0.25, -0.2) is 0 Å². The van der Waals surface area contributed by atoms with Crippen molar-refractivity contribution in [3.05, 3.63) is 17.9 Å². The first-order valence-electron chi connectivity index (χ1n) is 5.09. The van der Waals surface area contributed by atoms with E-state index in [1.807, 2.05) is 0 Å². The number of hydrogen-bond donors (Lipinski definition) is 0. The number of carbonyl (C=O) groups is 1. The van der Waals surface area contributed by atoms with Crippen LogP contribution in [0.15, 0.2) is 16.7 Å². The maximum atomic E-state index is 11.8. The molecule has 2 aromatic rings. The van der Waals surface area contributed by atoms with E-state index >= 15 is 0 Å². The van der Waals surface area contributed by atoms with Gasteiger partial charge in [0.15, 0.2) is 17.9 Å². The SMILES string of the molecule is COc1c2c(c(OC)c3occc13)OCC2=O. The smallest absolute Gasteiger partial charge is 0.207 e. The summed E-state index contributed by atoms with van der Waals surface area (Å²) in [5.74, 6) is 1.20. The van der Waals surface area contributed by atoms with Crippen LogP contribution in [0.5, 0.6) is 17.2 Å². The van der Waals surface area contributed by atoms with E-state index < -0.39 is 0 Å². The van der Waals surface area contributed by atoms with E-state index in [1.165, 1.54) is 20.5 Å². The zero-order chi connectivity index (χ0) is 12.0. The number of carbonyl (C=O) groups excluding carboxylic acids is 1. The van der Waals surface area contributed by atoms with Crippen molar-refractivity contribution in [2.45, 2.75) is 0 Å². The van der Waals surface area contributed by atoms with E-state index in [4.69, 9.17) is 18.6 Å². The molecule has 5 heteroatoms. The molecule has 0 amide bonds. The summed E-state index contributed by atoms with van der Waals surface area (Å²) in [6.45, 7) is 0.00859. The quantitative estimate of drug-likeness (QED) is 0.795. The number of fused-ring (bicyclic) bond motifs is 2. The highest BCUT2D eigenvalue weighted by atomic mass is 16.5. The highest BCUT2D eigenvalue weighted by Crippen LogP contribution is 2.48. The van der Waals surface area contributed by atoms with Crippen molar-refractivity contribution in [3.63, 3.8) is 0 Å². The van der Waals surface area contributed by atoms with Crippen molar-refractivity contribution in [2.75, 3.05) is 20.8 Å². The number of benzene rings is 1. The summed E-state index contributed by atoms with van der Waals surface area (Å²) in [4.78, 5) is 11.8. The third kappa shape index (κ3) is 1.16. The number of methoxy groups -OCH3 is 2. The molecule has 2 heterocycles. The minimum absolute atomic E-state index is 0.00859. The Morgan fingerprint density at radius 2 is 2.00 bits per heavy atom. The van der Waals surface area contributed by atoms with Crippen molar-refractivity contribution in [2.24, 2.45) is 0 Å². The molecule has 3 rings (SSSR count). The van der Waals surface area contributed by atoms with Crippen LogP contribution in [-0.4, -0.2) is 26.6 Å². The maximum Gasteiger partial charge on any atom is 0.207 e. The molecule has 0 saturated heterocycles. The summed E-state index contributed by atoms with van der Waals surface area (Å²) in [6, 6.07) is 1.74. The first-order chi connectivity index (χ1) is 8.27. The van der Waals surface area contributed by atoms with Crippen LogP contribution >= 0.6 is 0 Å². The Hall–Kier alpha value is -2.17. The second-order valence-corrected chi connectivity index (χ2v) is 3.65. The van der Waals surface area contributed by atoms with Gasteiger partial charge in [-0.05, 0) is 6.07 Å². The average Bonchev–Trinajstić information content (AvgIpc) is 2.94. The molecule has 0 N–H and O–H groups in total. The van der Waals surface area contributed by atoms with E-state index in [1.54, 1.807) is 6.07 Å². The summed E-state index contributed by atoms with van der Waals surface area (Å²) < 4.78 is 21.2. The maximum absolute atomic E-state index is 11.8. The first-order valence-corrected chi connectivity index (χ1v) is 5.09. The Morgan fingerprint density at radius 3 is 2.71 bits per heavy atom. The zero-order valence-corrected chi connectivity index (χ0v) is 9.40. The van der Waals surface area contributed by atoms with Gasteiger partial charge in [0.05, 0.1) is 25.9 Å². The predicted octanol–water partition coefficient (Wildman–Crippen LogP) is 2.03. The van der Waals surface area contributed by atoms with Crippen molar-refractivity contribution < 1.29 is 23.4 Å². The van der Waals surface area contributed by atoms with Crippen molar-refractivity contribution in [1.29, 1.82) is 0 Å². The van der Waals surface area contributed by atoms with E-state index in [0.29, 0.717) is 33.8 Å². The number of ether oxygens (including phenoxy) is 3. The molecule has 1 aromatic heterocycles. The van der Waals surface area contributed by atoms with Crippen molar-refractivity contribution >= 4 is 16.8 Å². The van der Waals surface area contributed by atoms with Crippen LogP contribution in [-0.2, 0) is 0 Å². The second kappa shape index (κ2) is 3.41. The lowest BCUT2D eigenvalue weighted by atomic mass is 10.1. The third-order valence-corrected chi connectivity index (χ3v) is 2.81. The largest absolute Gasteiger partial charge is 0.495 e. The lowest BCUT2D eigenvalue weighted by Crippen LogP contribution is -2.01. The molecule has 88 valence electrons. The van der Waals surface area contributed by atoms with Gasteiger partial charge >= 0.3 is 0 Å². The number of hydrogen-bond acceptors (Lipinski definition) is 5. The minimum Gasteiger partial charge on any atom is -0.495 e. The van der Waals surface area contributed by atoms with Crippen LogP contribution in [0.1, 0.15) is 10.4 Å². The molecule has 0 bridgehead atoms. The molecule has 0 aliphatic carbocycles. The van der Waals surface area contributed by atoms with Gasteiger partial charge in [0.2, 0.25) is 11.5 Å². The Kier molecular flexibility index (Phi) is 2.01.